The molecule has 2 heterocycles. The number of Topliss-reactive ketones (excluding diaryl/α,β-unsaturated/α-hetero) is 1. The number of ketones is 1. The molecule has 0 N–H and O–H groups in total. The fourth-order valence-electron chi connectivity index (χ4n) is 2.35. The summed E-state index contributed by atoms with van der Waals surface area (Å²) in [7, 11) is 0. The van der Waals surface area contributed by atoms with Crippen molar-refractivity contribution in [1.82, 2.24) is 0 Å². The molecule has 0 atom stereocenters. The van der Waals surface area contributed by atoms with E-state index in [4.69, 9.17) is 0 Å². The zero-order chi connectivity index (χ0) is 13.2. The Labute approximate surface area is 122 Å². The fourth-order valence-corrected chi connectivity index (χ4v) is 4.66. The van der Waals surface area contributed by atoms with Crippen molar-refractivity contribution in [2.75, 3.05) is 5.75 Å². The number of rotatable bonds is 3. The quantitative estimate of drug-likeness (QED) is 0.785. The summed E-state index contributed by atoms with van der Waals surface area (Å²) in [4.78, 5) is 14.8. The van der Waals surface area contributed by atoms with Crippen LogP contribution in [0.4, 0.5) is 0 Å². The largest absolute Gasteiger partial charge is 0.293 e. The average molecular weight is 288 g/mol. The smallest absolute Gasteiger partial charge is 0.177 e. The Kier molecular flexibility index (Phi) is 3.76. The third kappa shape index (κ3) is 2.77. The van der Waals surface area contributed by atoms with E-state index in [2.05, 4.69) is 25.1 Å². The van der Waals surface area contributed by atoms with Crippen molar-refractivity contribution in [1.29, 1.82) is 0 Å². The Hall–Kier alpha value is -1.06. The standard InChI is InChI=1S/C16H16OS2/c1-11-4-2-3-5-12(11)8-14(17)16-9-13-10-18-7-6-15(13)19-16/h2-5,9H,6-8,10H2,1H3. The van der Waals surface area contributed by atoms with E-state index >= 15 is 0 Å². The van der Waals surface area contributed by atoms with E-state index in [0.717, 1.165) is 22.6 Å². The van der Waals surface area contributed by atoms with Crippen molar-refractivity contribution in [3.05, 3.63) is 56.8 Å². The van der Waals surface area contributed by atoms with Gasteiger partial charge in [-0.15, -0.1) is 11.3 Å². The average Bonchev–Trinajstić information content (AvgIpc) is 2.85. The van der Waals surface area contributed by atoms with Crippen LogP contribution in [0.1, 0.15) is 31.2 Å². The van der Waals surface area contributed by atoms with E-state index in [1.54, 1.807) is 11.3 Å². The van der Waals surface area contributed by atoms with Crippen LogP contribution in [0.15, 0.2) is 30.3 Å². The van der Waals surface area contributed by atoms with Gasteiger partial charge < -0.3 is 0 Å². The lowest BCUT2D eigenvalue weighted by Crippen LogP contribution is -2.02. The van der Waals surface area contributed by atoms with Crippen LogP contribution in [-0.4, -0.2) is 11.5 Å². The minimum atomic E-state index is 0.263. The van der Waals surface area contributed by atoms with Crippen LogP contribution in [0.3, 0.4) is 0 Å². The maximum atomic E-state index is 12.4. The lowest BCUT2D eigenvalue weighted by atomic mass is 10.0. The summed E-state index contributed by atoms with van der Waals surface area (Å²) in [5.74, 6) is 2.53. The van der Waals surface area contributed by atoms with Crippen molar-refractivity contribution >= 4 is 28.9 Å². The van der Waals surface area contributed by atoms with Crippen LogP contribution >= 0.6 is 23.1 Å². The van der Waals surface area contributed by atoms with Gasteiger partial charge in [0, 0.05) is 17.1 Å². The summed E-state index contributed by atoms with van der Waals surface area (Å²) >= 11 is 3.67. The molecule has 0 spiro atoms. The van der Waals surface area contributed by atoms with Gasteiger partial charge in [0.1, 0.15) is 0 Å². The Morgan fingerprint density at radius 2 is 2.16 bits per heavy atom. The van der Waals surface area contributed by atoms with Crippen molar-refractivity contribution in [2.45, 2.75) is 25.5 Å². The fraction of sp³-hybridized carbons (Fsp3) is 0.312. The monoisotopic (exact) mass is 288 g/mol. The van der Waals surface area contributed by atoms with Crippen LogP contribution in [0.5, 0.6) is 0 Å². The number of aryl methyl sites for hydroxylation is 2. The summed E-state index contributed by atoms with van der Waals surface area (Å²) in [6.07, 6.45) is 1.65. The summed E-state index contributed by atoms with van der Waals surface area (Å²) in [6, 6.07) is 10.3. The lowest BCUT2D eigenvalue weighted by Gasteiger charge is -2.08. The summed E-state index contributed by atoms with van der Waals surface area (Å²) in [5, 5.41) is 0. The number of thiophene rings is 1. The molecule has 19 heavy (non-hydrogen) atoms. The van der Waals surface area contributed by atoms with E-state index in [0.29, 0.717) is 6.42 Å². The number of benzene rings is 1. The Bertz CT molecular complexity index is 589. The van der Waals surface area contributed by atoms with E-state index in [-0.39, 0.29) is 5.78 Å². The summed E-state index contributed by atoms with van der Waals surface area (Å²) < 4.78 is 0. The predicted octanol–water partition coefficient (Wildman–Crippen LogP) is 4.27. The minimum absolute atomic E-state index is 0.263. The molecule has 0 fully saturated rings. The normalized spacial score (nSPS) is 14.2. The highest BCUT2D eigenvalue weighted by atomic mass is 32.2. The van der Waals surface area contributed by atoms with Crippen molar-refractivity contribution in [3.63, 3.8) is 0 Å². The summed E-state index contributed by atoms with van der Waals surface area (Å²) in [6.45, 7) is 2.07. The Morgan fingerprint density at radius 3 is 2.95 bits per heavy atom. The molecule has 0 amide bonds. The first-order valence-corrected chi connectivity index (χ1v) is 8.48. The van der Waals surface area contributed by atoms with Crippen LogP contribution in [0.2, 0.25) is 0 Å². The molecule has 1 aliphatic heterocycles. The maximum absolute atomic E-state index is 12.4. The van der Waals surface area contributed by atoms with Gasteiger partial charge in [0.2, 0.25) is 0 Å². The first-order valence-electron chi connectivity index (χ1n) is 6.51. The molecule has 0 bridgehead atoms. The molecule has 1 aromatic heterocycles. The molecule has 0 aliphatic carbocycles. The van der Waals surface area contributed by atoms with Gasteiger partial charge in [-0.3, -0.25) is 4.79 Å². The van der Waals surface area contributed by atoms with E-state index in [1.807, 2.05) is 23.9 Å². The summed E-state index contributed by atoms with van der Waals surface area (Å²) in [5.41, 5.74) is 3.73. The van der Waals surface area contributed by atoms with Gasteiger partial charge in [0.25, 0.3) is 0 Å². The van der Waals surface area contributed by atoms with Crippen LogP contribution < -0.4 is 0 Å². The maximum Gasteiger partial charge on any atom is 0.177 e. The molecule has 3 rings (SSSR count). The number of carbonyl (C=O) groups excluding carboxylic acids is 1. The van der Waals surface area contributed by atoms with Crippen LogP contribution in [0.25, 0.3) is 0 Å². The molecular formula is C16H16OS2. The topological polar surface area (TPSA) is 17.1 Å². The van der Waals surface area contributed by atoms with Gasteiger partial charge in [0.15, 0.2) is 5.78 Å². The minimum Gasteiger partial charge on any atom is -0.293 e. The van der Waals surface area contributed by atoms with Crippen LogP contribution in [0, 0.1) is 6.92 Å². The molecule has 0 saturated heterocycles. The molecule has 98 valence electrons. The molecule has 3 heteroatoms. The first kappa shape index (κ1) is 12.9. The number of thioether (sulfide) groups is 1. The number of hydrogen-bond acceptors (Lipinski definition) is 3. The Balaban J connectivity index is 1.81. The molecule has 1 aliphatic rings. The molecule has 1 aromatic carbocycles. The molecule has 2 aromatic rings. The second-order valence-corrected chi connectivity index (χ2v) is 7.13. The third-order valence-electron chi connectivity index (χ3n) is 3.51. The molecule has 0 radical (unpaired) electrons. The van der Waals surface area contributed by atoms with E-state index in [1.165, 1.54) is 21.8 Å². The number of hydrogen-bond donors (Lipinski definition) is 0. The van der Waals surface area contributed by atoms with E-state index in [9.17, 15) is 4.79 Å². The molecule has 1 nitrogen and oxygen atoms in total. The van der Waals surface area contributed by atoms with Crippen LogP contribution in [-0.2, 0) is 18.6 Å². The molecule has 0 saturated carbocycles. The van der Waals surface area contributed by atoms with Gasteiger partial charge >= 0.3 is 0 Å². The second-order valence-electron chi connectivity index (χ2n) is 4.89. The predicted molar refractivity (Wildman–Crippen MR) is 83.4 cm³/mol. The zero-order valence-corrected chi connectivity index (χ0v) is 12.6. The number of fused-ring (bicyclic) bond motifs is 1. The van der Waals surface area contributed by atoms with Crippen molar-refractivity contribution in [3.8, 4) is 0 Å². The van der Waals surface area contributed by atoms with Gasteiger partial charge in [-0.05, 0) is 41.9 Å². The van der Waals surface area contributed by atoms with Crippen molar-refractivity contribution < 1.29 is 4.79 Å². The van der Waals surface area contributed by atoms with Gasteiger partial charge in [-0.25, -0.2) is 0 Å². The highest BCUT2D eigenvalue weighted by Crippen LogP contribution is 2.32. The van der Waals surface area contributed by atoms with E-state index < -0.39 is 0 Å². The molecular weight excluding hydrogens is 272 g/mol. The van der Waals surface area contributed by atoms with Gasteiger partial charge in [-0.1, -0.05) is 24.3 Å². The second kappa shape index (κ2) is 5.51. The highest BCUT2D eigenvalue weighted by Gasteiger charge is 2.17. The zero-order valence-electron chi connectivity index (χ0n) is 10.9. The van der Waals surface area contributed by atoms with Gasteiger partial charge in [-0.2, -0.15) is 11.8 Å². The number of carbonyl (C=O) groups is 1. The Morgan fingerprint density at radius 1 is 1.32 bits per heavy atom. The third-order valence-corrected chi connectivity index (χ3v) is 5.80. The lowest BCUT2D eigenvalue weighted by molar-refractivity contribution is 0.0996. The SMILES string of the molecule is Cc1ccccc1CC(=O)c1cc2c(s1)CCSC2. The van der Waals surface area contributed by atoms with Gasteiger partial charge in [0.05, 0.1) is 4.88 Å². The first-order chi connectivity index (χ1) is 9.24. The highest BCUT2D eigenvalue weighted by molar-refractivity contribution is 7.98. The molecule has 0 unspecified atom stereocenters. The van der Waals surface area contributed by atoms with Crippen molar-refractivity contribution in [2.24, 2.45) is 0 Å².